The molecule has 6 heteroatoms. The van der Waals surface area contributed by atoms with E-state index < -0.39 is 5.97 Å². The Morgan fingerprint density at radius 2 is 2.18 bits per heavy atom. The molecule has 0 unspecified atom stereocenters. The van der Waals surface area contributed by atoms with Gasteiger partial charge in [0.2, 0.25) is 0 Å². The van der Waals surface area contributed by atoms with Crippen LogP contribution in [0, 0.1) is 16.3 Å². The van der Waals surface area contributed by atoms with E-state index in [0.717, 1.165) is 0 Å². The first-order chi connectivity index (χ1) is 7.99. The van der Waals surface area contributed by atoms with Crippen LogP contribution >= 0.6 is 22.6 Å². The molecule has 88 valence electrons. The zero-order valence-corrected chi connectivity index (χ0v) is 11.0. The Hall–Kier alpha value is -1.44. The molecule has 0 atom stereocenters. The van der Waals surface area contributed by atoms with E-state index in [1.807, 2.05) is 22.6 Å². The topological polar surface area (TPSA) is 55.1 Å². The summed E-state index contributed by atoms with van der Waals surface area (Å²) in [4.78, 5) is 10.8. The summed E-state index contributed by atoms with van der Waals surface area (Å²) in [5.74, 6) is -1.41. The number of nitrogens with zero attached hydrogens (tertiary/aromatic N) is 2. The summed E-state index contributed by atoms with van der Waals surface area (Å²) in [6.45, 7) is 1.75. The van der Waals surface area contributed by atoms with E-state index in [2.05, 4.69) is 5.10 Å². The zero-order chi connectivity index (χ0) is 12.6. The summed E-state index contributed by atoms with van der Waals surface area (Å²) in [6.07, 6.45) is 0. The van der Waals surface area contributed by atoms with Crippen molar-refractivity contribution >= 4 is 28.6 Å². The summed E-state index contributed by atoms with van der Waals surface area (Å²) in [6, 6.07) is 5.74. The van der Waals surface area contributed by atoms with Crippen LogP contribution in [0.1, 0.15) is 16.2 Å². The quantitative estimate of drug-likeness (QED) is 0.851. The van der Waals surface area contributed by atoms with E-state index >= 15 is 0 Å². The smallest absolute Gasteiger partial charge is 0.356 e. The van der Waals surface area contributed by atoms with Crippen molar-refractivity contribution in [3.8, 4) is 5.69 Å². The first kappa shape index (κ1) is 12.0. The molecular formula is C11H8FIN2O2. The summed E-state index contributed by atoms with van der Waals surface area (Å²) < 4.78 is 15.1. The average Bonchev–Trinajstić information content (AvgIpc) is 2.61. The average molecular weight is 346 g/mol. The van der Waals surface area contributed by atoms with Crippen LogP contribution in [0.5, 0.6) is 0 Å². The highest BCUT2D eigenvalue weighted by atomic mass is 127. The Balaban J connectivity index is 2.56. The lowest BCUT2D eigenvalue weighted by atomic mass is 10.3. The number of rotatable bonds is 2. The number of benzene rings is 1. The molecule has 0 spiro atoms. The van der Waals surface area contributed by atoms with Gasteiger partial charge in [-0.15, -0.1) is 0 Å². The van der Waals surface area contributed by atoms with Crippen molar-refractivity contribution in [1.29, 1.82) is 0 Å². The molecule has 0 aliphatic carbocycles. The number of hydrogen-bond acceptors (Lipinski definition) is 2. The van der Waals surface area contributed by atoms with Crippen LogP contribution in [0.2, 0.25) is 0 Å². The molecule has 17 heavy (non-hydrogen) atoms. The largest absolute Gasteiger partial charge is 0.476 e. The zero-order valence-electron chi connectivity index (χ0n) is 8.82. The van der Waals surface area contributed by atoms with Gasteiger partial charge >= 0.3 is 5.97 Å². The lowest BCUT2D eigenvalue weighted by Gasteiger charge is -2.06. The van der Waals surface area contributed by atoms with Crippen molar-refractivity contribution in [2.75, 3.05) is 0 Å². The Kier molecular flexibility index (Phi) is 3.14. The molecule has 0 saturated carbocycles. The predicted molar refractivity (Wildman–Crippen MR) is 67.9 cm³/mol. The van der Waals surface area contributed by atoms with Crippen LogP contribution in [0.15, 0.2) is 24.3 Å². The van der Waals surface area contributed by atoms with Gasteiger partial charge in [0.15, 0.2) is 5.69 Å². The second kappa shape index (κ2) is 4.44. The molecule has 1 aromatic heterocycles. The minimum atomic E-state index is -1.08. The van der Waals surface area contributed by atoms with E-state index in [-0.39, 0.29) is 11.5 Å². The predicted octanol–water partition coefficient (Wildman–Crippen LogP) is 2.62. The maximum absolute atomic E-state index is 13.0. The Morgan fingerprint density at radius 3 is 2.71 bits per heavy atom. The monoisotopic (exact) mass is 346 g/mol. The molecule has 1 N–H and O–H groups in total. The lowest BCUT2D eigenvalue weighted by Crippen LogP contribution is -2.04. The number of carboxylic acid groups (broad SMARTS) is 1. The molecule has 0 amide bonds. The number of halogens is 2. The van der Waals surface area contributed by atoms with E-state index in [1.165, 1.54) is 22.9 Å². The standard InChI is InChI=1S/C11H8FIN2O2/c1-6-4-9(11(16)17)14-15(6)10-3-2-7(12)5-8(10)13/h2-5H,1H3,(H,16,17). The van der Waals surface area contributed by atoms with Crippen LogP contribution < -0.4 is 0 Å². The van der Waals surface area contributed by atoms with E-state index in [4.69, 9.17) is 5.11 Å². The highest BCUT2D eigenvalue weighted by Crippen LogP contribution is 2.20. The molecule has 2 aromatic rings. The maximum atomic E-state index is 13.0. The van der Waals surface area contributed by atoms with Crippen molar-refractivity contribution in [1.82, 2.24) is 9.78 Å². The van der Waals surface area contributed by atoms with Gasteiger partial charge in [0.25, 0.3) is 0 Å². The van der Waals surface area contributed by atoms with Crippen molar-refractivity contribution < 1.29 is 14.3 Å². The first-order valence-corrected chi connectivity index (χ1v) is 5.82. The van der Waals surface area contributed by atoms with Gasteiger partial charge in [0, 0.05) is 9.26 Å². The molecule has 1 heterocycles. The minimum Gasteiger partial charge on any atom is -0.476 e. The number of hydrogen-bond donors (Lipinski definition) is 1. The van der Waals surface area contributed by atoms with Gasteiger partial charge in [0.05, 0.1) is 5.69 Å². The third kappa shape index (κ3) is 2.31. The third-order valence-corrected chi connectivity index (χ3v) is 3.11. The van der Waals surface area contributed by atoms with Gasteiger partial charge < -0.3 is 5.11 Å². The molecule has 0 radical (unpaired) electrons. The van der Waals surface area contributed by atoms with Gasteiger partial charge in [-0.3, -0.25) is 0 Å². The number of aromatic carboxylic acids is 1. The SMILES string of the molecule is Cc1cc(C(=O)O)nn1-c1ccc(F)cc1I. The Bertz CT molecular complexity index is 595. The highest BCUT2D eigenvalue weighted by molar-refractivity contribution is 14.1. The molecule has 2 rings (SSSR count). The summed E-state index contributed by atoms with van der Waals surface area (Å²) in [5.41, 5.74) is 1.33. The van der Waals surface area contributed by atoms with Crippen molar-refractivity contribution in [3.63, 3.8) is 0 Å². The van der Waals surface area contributed by atoms with Gasteiger partial charge in [-0.05, 0) is 53.8 Å². The molecule has 1 aromatic carbocycles. The fraction of sp³-hybridized carbons (Fsp3) is 0.0909. The van der Waals surface area contributed by atoms with Crippen LogP contribution in [0.25, 0.3) is 5.69 Å². The van der Waals surface area contributed by atoms with E-state index in [0.29, 0.717) is 15.0 Å². The second-order valence-electron chi connectivity index (χ2n) is 3.48. The number of aryl methyl sites for hydroxylation is 1. The summed E-state index contributed by atoms with van der Waals surface area (Å²) in [7, 11) is 0. The Labute approximate surface area is 110 Å². The molecule has 0 saturated heterocycles. The second-order valence-corrected chi connectivity index (χ2v) is 4.65. The molecule has 0 bridgehead atoms. The molecule has 0 aliphatic rings. The number of carboxylic acids is 1. The van der Waals surface area contributed by atoms with Crippen LogP contribution in [-0.2, 0) is 0 Å². The van der Waals surface area contributed by atoms with E-state index in [1.54, 1.807) is 13.0 Å². The van der Waals surface area contributed by atoms with Crippen LogP contribution in [0.4, 0.5) is 4.39 Å². The van der Waals surface area contributed by atoms with Crippen molar-refractivity contribution in [2.24, 2.45) is 0 Å². The first-order valence-electron chi connectivity index (χ1n) is 4.74. The lowest BCUT2D eigenvalue weighted by molar-refractivity contribution is 0.0690. The third-order valence-electron chi connectivity index (χ3n) is 2.24. The molecule has 0 aliphatic heterocycles. The fourth-order valence-corrected chi connectivity index (χ4v) is 2.18. The van der Waals surface area contributed by atoms with Gasteiger partial charge in [-0.2, -0.15) is 5.10 Å². The normalized spacial score (nSPS) is 10.5. The minimum absolute atomic E-state index is 0.0253. The molecule has 4 nitrogen and oxygen atoms in total. The van der Waals surface area contributed by atoms with Gasteiger partial charge in [-0.1, -0.05) is 0 Å². The van der Waals surface area contributed by atoms with Gasteiger partial charge in [-0.25, -0.2) is 13.9 Å². The van der Waals surface area contributed by atoms with E-state index in [9.17, 15) is 9.18 Å². The van der Waals surface area contributed by atoms with Crippen LogP contribution in [0.3, 0.4) is 0 Å². The molecular weight excluding hydrogens is 338 g/mol. The van der Waals surface area contributed by atoms with Gasteiger partial charge in [0.1, 0.15) is 5.82 Å². The van der Waals surface area contributed by atoms with Crippen LogP contribution in [-0.4, -0.2) is 20.9 Å². The fourth-order valence-electron chi connectivity index (χ4n) is 1.48. The van der Waals surface area contributed by atoms with Crippen molar-refractivity contribution in [2.45, 2.75) is 6.92 Å². The van der Waals surface area contributed by atoms with Crippen molar-refractivity contribution in [3.05, 3.63) is 45.0 Å². The molecule has 0 fully saturated rings. The summed E-state index contributed by atoms with van der Waals surface area (Å²) in [5, 5.41) is 12.8. The number of carbonyl (C=O) groups is 1. The summed E-state index contributed by atoms with van der Waals surface area (Å²) >= 11 is 1.98. The maximum Gasteiger partial charge on any atom is 0.356 e. The highest BCUT2D eigenvalue weighted by Gasteiger charge is 2.13. The number of aromatic nitrogens is 2. The Morgan fingerprint density at radius 1 is 1.47 bits per heavy atom.